The minimum absolute atomic E-state index is 0.663. The molecule has 40 heavy (non-hydrogen) atoms. The third-order valence-corrected chi connectivity index (χ3v) is 5.86. The summed E-state index contributed by atoms with van der Waals surface area (Å²) in [6.45, 7) is 16.5. The Morgan fingerprint density at radius 3 is 1.75 bits per heavy atom. The fourth-order valence-corrected chi connectivity index (χ4v) is 3.61. The molecule has 2 heterocycles. The number of rotatable bonds is 7. The minimum Gasteiger partial charge on any atom is -0.260 e. The van der Waals surface area contributed by atoms with Gasteiger partial charge in [-0.25, -0.2) is 0 Å². The first-order valence-corrected chi connectivity index (χ1v) is 14.8. The molecule has 0 aliphatic carbocycles. The average Bonchev–Trinajstić information content (AvgIpc) is 3.29. The van der Waals surface area contributed by atoms with E-state index in [1.54, 1.807) is 12.4 Å². The predicted octanol–water partition coefficient (Wildman–Crippen LogP) is 10.8. The van der Waals surface area contributed by atoms with E-state index in [-0.39, 0.29) is 0 Å². The van der Waals surface area contributed by atoms with E-state index in [2.05, 4.69) is 76.3 Å². The van der Waals surface area contributed by atoms with Gasteiger partial charge in [-0.05, 0) is 72.2 Å². The highest BCUT2D eigenvalue weighted by molar-refractivity contribution is 5.83. The Labute approximate surface area is 243 Å². The lowest BCUT2D eigenvalue weighted by Gasteiger charge is -2.15. The predicted molar refractivity (Wildman–Crippen MR) is 180 cm³/mol. The van der Waals surface area contributed by atoms with Crippen molar-refractivity contribution in [1.29, 1.82) is 0 Å². The standard InChI is InChI=1S/C30H30N4.3C2H6/c1-23(2)26-12-17-30(32-20-18-26)22-34-28-15-10-25(11-16-28)7-6-24-8-13-27(14-9-24)33-21-29-5-3-4-19-31-29;3*1-2/h3-11,13-17,19-23,26H,12,18H2,1-2H3;3*1-2H3/b7-6+,33-21?,34-22?;;;. The quantitative estimate of drug-likeness (QED) is 0.219. The molecule has 0 fully saturated rings. The van der Waals surface area contributed by atoms with Gasteiger partial charge in [-0.2, -0.15) is 0 Å². The molecule has 1 aliphatic heterocycles. The molecule has 212 valence electrons. The number of nitrogens with zero attached hydrogens (tertiary/aromatic N) is 4. The van der Waals surface area contributed by atoms with Crippen LogP contribution in [0.4, 0.5) is 11.4 Å². The number of hydrogen-bond donors (Lipinski definition) is 0. The first-order chi connectivity index (χ1) is 19.7. The SMILES string of the molecule is CC.CC.CC.CC(C)C1CC=NC(C=Nc2ccc(/C=C/c3ccc(N=Cc4ccccn4)cc3)cc2)=CC1. The van der Waals surface area contributed by atoms with Gasteiger partial charge in [0.25, 0.3) is 0 Å². The van der Waals surface area contributed by atoms with Gasteiger partial charge in [0.05, 0.1) is 35.2 Å². The van der Waals surface area contributed by atoms with Gasteiger partial charge in [0.15, 0.2) is 0 Å². The molecule has 2 aromatic carbocycles. The summed E-state index contributed by atoms with van der Waals surface area (Å²) in [4.78, 5) is 17.9. The van der Waals surface area contributed by atoms with Crippen molar-refractivity contribution in [3.8, 4) is 0 Å². The molecule has 0 amide bonds. The summed E-state index contributed by atoms with van der Waals surface area (Å²) in [5, 5.41) is 0. The Kier molecular flexibility index (Phi) is 17.9. The fourth-order valence-electron chi connectivity index (χ4n) is 3.61. The van der Waals surface area contributed by atoms with Crippen molar-refractivity contribution in [3.05, 3.63) is 102 Å². The number of pyridine rings is 1. The van der Waals surface area contributed by atoms with Crippen molar-refractivity contribution >= 4 is 42.2 Å². The number of allylic oxidation sites excluding steroid dienone is 2. The Bertz CT molecular complexity index is 1200. The molecule has 1 aromatic heterocycles. The van der Waals surface area contributed by atoms with Crippen LogP contribution in [0, 0.1) is 11.8 Å². The summed E-state index contributed by atoms with van der Waals surface area (Å²) >= 11 is 0. The number of hydrogen-bond acceptors (Lipinski definition) is 4. The molecule has 0 saturated carbocycles. The topological polar surface area (TPSA) is 50.0 Å². The van der Waals surface area contributed by atoms with Crippen LogP contribution in [0.25, 0.3) is 12.2 Å². The van der Waals surface area contributed by atoms with Gasteiger partial charge in [0.1, 0.15) is 0 Å². The molecule has 0 N–H and O–H groups in total. The van der Waals surface area contributed by atoms with Crippen LogP contribution in [0.15, 0.2) is 99.7 Å². The van der Waals surface area contributed by atoms with E-state index in [4.69, 9.17) is 0 Å². The molecule has 3 aromatic rings. The normalized spacial score (nSPS) is 14.5. The summed E-state index contributed by atoms with van der Waals surface area (Å²) in [6.07, 6.45) is 15.9. The first-order valence-electron chi connectivity index (χ1n) is 14.8. The first kappa shape index (κ1) is 34.1. The van der Waals surface area contributed by atoms with Crippen LogP contribution >= 0.6 is 0 Å². The van der Waals surface area contributed by atoms with Gasteiger partial charge in [-0.15, -0.1) is 0 Å². The van der Waals surface area contributed by atoms with Crippen LogP contribution < -0.4 is 0 Å². The molecule has 4 nitrogen and oxygen atoms in total. The van der Waals surface area contributed by atoms with E-state index >= 15 is 0 Å². The second-order valence-electron chi connectivity index (χ2n) is 8.70. The van der Waals surface area contributed by atoms with Gasteiger partial charge in [0, 0.05) is 12.4 Å². The molecule has 0 radical (unpaired) electrons. The largest absolute Gasteiger partial charge is 0.260 e. The number of benzene rings is 2. The van der Waals surface area contributed by atoms with Crippen LogP contribution in [0.2, 0.25) is 0 Å². The lowest BCUT2D eigenvalue weighted by Crippen LogP contribution is -2.07. The van der Waals surface area contributed by atoms with Gasteiger partial charge in [0.2, 0.25) is 0 Å². The zero-order chi connectivity index (χ0) is 29.6. The lowest BCUT2D eigenvalue weighted by atomic mass is 9.90. The zero-order valence-corrected chi connectivity index (χ0v) is 25.8. The monoisotopic (exact) mass is 536 g/mol. The molecule has 1 aliphatic rings. The third-order valence-electron chi connectivity index (χ3n) is 5.86. The highest BCUT2D eigenvalue weighted by atomic mass is 14.8. The Balaban J connectivity index is 0.00000125. The maximum Gasteiger partial charge on any atom is 0.0812 e. The van der Waals surface area contributed by atoms with Crippen molar-refractivity contribution in [3.63, 3.8) is 0 Å². The molecule has 1 unspecified atom stereocenters. The summed E-state index contributed by atoms with van der Waals surface area (Å²) < 4.78 is 0. The van der Waals surface area contributed by atoms with Gasteiger partial charge in [-0.1, -0.05) is 104 Å². The summed E-state index contributed by atoms with van der Waals surface area (Å²) in [6, 6.07) is 22.1. The molecule has 0 saturated heterocycles. The van der Waals surface area contributed by atoms with Gasteiger partial charge >= 0.3 is 0 Å². The van der Waals surface area contributed by atoms with Crippen molar-refractivity contribution < 1.29 is 0 Å². The Morgan fingerprint density at radius 2 is 1.25 bits per heavy atom. The molecule has 0 spiro atoms. The van der Waals surface area contributed by atoms with Crippen molar-refractivity contribution in [2.75, 3.05) is 0 Å². The number of aliphatic imine (C=N–C) groups is 3. The molecule has 0 bridgehead atoms. The van der Waals surface area contributed by atoms with E-state index in [9.17, 15) is 0 Å². The van der Waals surface area contributed by atoms with E-state index < -0.39 is 0 Å². The van der Waals surface area contributed by atoms with E-state index in [0.717, 1.165) is 46.7 Å². The Morgan fingerprint density at radius 1 is 0.700 bits per heavy atom. The van der Waals surface area contributed by atoms with Crippen molar-refractivity contribution in [1.82, 2.24) is 4.98 Å². The summed E-state index contributed by atoms with van der Waals surface area (Å²) in [5.41, 5.74) is 5.86. The summed E-state index contributed by atoms with van der Waals surface area (Å²) in [5.74, 6) is 1.33. The Hall–Kier alpha value is -3.92. The third kappa shape index (κ3) is 12.8. The zero-order valence-electron chi connectivity index (χ0n) is 25.8. The smallest absolute Gasteiger partial charge is 0.0812 e. The summed E-state index contributed by atoms with van der Waals surface area (Å²) in [7, 11) is 0. The second-order valence-corrected chi connectivity index (χ2v) is 8.70. The van der Waals surface area contributed by atoms with Crippen molar-refractivity contribution in [2.24, 2.45) is 26.8 Å². The second kappa shape index (κ2) is 21.0. The van der Waals surface area contributed by atoms with Crippen LogP contribution in [-0.4, -0.2) is 23.6 Å². The van der Waals surface area contributed by atoms with Crippen LogP contribution in [0.1, 0.15) is 85.1 Å². The van der Waals surface area contributed by atoms with Crippen LogP contribution in [0.3, 0.4) is 0 Å². The maximum absolute atomic E-state index is 4.60. The van der Waals surface area contributed by atoms with Crippen molar-refractivity contribution in [2.45, 2.75) is 68.2 Å². The van der Waals surface area contributed by atoms with Crippen LogP contribution in [-0.2, 0) is 0 Å². The molecule has 4 heteroatoms. The fraction of sp³-hybridized carbons (Fsp3) is 0.333. The van der Waals surface area contributed by atoms with E-state index in [1.807, 2.05) is 96.4 Å². The lowest BCUT2D eigenvalue weighted by molar-refractivity contribution is 0.405. The highest BCUT2D eigenvalue weighted by Crippen LogP contribution is 2.22. The van der Waals surface area contributed by atoms with E-state index in [0.29, 0.717) is 11.8 Å². The molecule has 4 rings (SSSR count). The number of aromatic nitrogens is 1. The van der Waals surface area contributed by atoms with Crippen LogP contribution in [0.5, 0.6) is 0 Å². The molecular weight excluding hydrogens is 488 g/mol. The average molecular weight is 537 g/mol. The highest BCUT2D eigenvalue weighted by Gasteiger charge is 2.12. The molecular formula is C36H48N4. The molecule has 1 atom stereocenters. The van der Waals surface area contributed by atoms with E-state index in [1.165, 1.54) is 0 Å². The minimum atomic E-state index is 0.663. The van der Waals surface area contributed by atoms with Gasteiger partial charge in [-0.3, -0.25) is 20.0 Å². The van der Waals surface area contributed by atoms with Gasteiger partial charge < -0.3 is 0 Å². The maximum atomic E-state index is 4.60.